The zero-order valence-corrected chi connectivity index (χ0v) is 14.4. The van der Waals surface area contributed by atoms with Gasteiger partial charge in [-0.1, -0.05) is 23.2 Å². The minimum atomic E-state index is 0.427. The van der Waals surface area contributed by atoms with Crippen LogP contribution in [-0.2, 0) is 0 Å². The van der Waals surface area contributed by atoms with Gasteiger partial charge in [-0.05, 0) is 53.6 Å². The van der Waals surface area contributed by atoms with Gasteiger partial charge in [0.25, 0.3) is 0 Å². The third-order valence-electron chi connectivity index (χ3n) is 2.58. The van der Waals surface area contributed by atoms with Crippen LogP contribution in [0.1, 0.15) is 12.8 Å². The van der Waals surface area contributed by atoms with E-state index in [1.807, 2.05) is 12.1 Å². The first-order valence-electron chi connectivity index (χ1n) is 5.76. The molecule has 0 fully saturated rings. The monoisotopic (exact) mass is 429 g/mol. The van der Waals surface area contributed by atoms with Crippen molar-refractivity contribution in [1.29, 1.82) is 0 Å². The zero-order chi connectivity index (χ0) is 13.8. The molecular formula is C13H11Cl3INO. The molecule has 0 saturated carbocycles. The lowest BCUT2D eigenvalue weighted by Gasteiger charge is -2.12. The van der Waals surface area contributed by atoms with Crippen molar-refractivity contribution >= 4 is 68.3 Å². The van der Waals surface area contributed by atoms with Crippen LogP contribution in [0, 0.1) is 3.57 Å². The van der Waals surface area contributed by atoms with E-state index in [0.29, 0.717) is 28.2 Å². The van der Waals surface area contributed by atoms with Gasteiger partial charge >= 0.3 is 0 Å². The quantitative estimate of drug-likeness (QED) is 0.269. The number of rotatable bonds is 5. The summed E-state index contributed by atoms with van der Waals surface area (Å²) >= 11 is 20.0. The van der Waals surface area contributed by atoms with Crippen LogP contribution in [0.25, 0.3) is 10.9 Å². The highest BCUT2D eigenvalue weighted by Gasteiger charge is 2.13. The first-order valence-corrected chi connectivity index (χ1v) is 8.13. The van der Waals surface area contributed by atoms with E-state index in [0.717, 1.165) is 27.5 Å². The van der Waals surface area contributed by atoms with Crippen molar-refractivity contribution < 1.29 is 4.74 Å². The molecule has 0 amide bonds. The summed E-state index contributed by atoms with van der Waals surface area (Å²) in [5, 5.41) is 1.92. The van der Waals surface area contributed by atoms with Crippen molar-refractivity contribution in [2.45, 2.75) is 12.8 Å². The largest absolute Gasteiger partial charge is 0.490 e. The topological polar surface area (TPSA) is 22.1 Å². The number of aromatic nitrogens is 1. The number of nitrogens with zero attached hydrogens (tertiary/aromatic N) is 1. The normalized spacial score (nSPS) is 10.9. The molecule has 0 aliphatic rings. The number of fused-ring (bicyclic) bond motifs is 1. The highest BCUT2D eigenvalue weighted by molar-refractivity contribution is 14.1. The minimum Gasteiger partial charge on any atom is -0.490 e. The van der Waals surface area contributed by atoms with E-state index in [-0.39, 0.29) is 0 Å². The fraction of sp³-hybridized carbons (Fsp3) is 0.308. The van der Waals surface area contributed by atoms with E-state index in [4.69, 9.17) is 39.5 Å². The summed E-state index contributed by atoms with van der Waals surface area (Å²) < 4.78 is 6.74. The van der Waals surface area contributed by atoms with Gasteiger partial charge in [0.1, 0.15) is 10.7 Å². The number of unbranched alkanes of at least 4 members (excludes halogenated alkanes) is 1. The molecule has 0 N–H and O–H groups in total. The molecule has 102 valence electrons. The SMILES string of the molecule is ClCCCCOc1c(I)cc(Cl)c2ccc(Cl)nc12. The lowest BCUT2D eigenvalue weighted by molar-refractivity contribution is 0.310. The molecule has 1 aromatic heterocycles. The second kappa shape index (κ2) is 7.16. The van der Waals surface area contributed by atoms with Crippen molar-refractivity contribution in [3.8, 4) is 5.75 Å². The number of halogens is 4. The van der Waals surface area contributed by atoms with Crippen LogP contribution < -0.4 is 4.74 Å². The van der Waals surface area contributed by atoms with E-state index < -0.39 is 0 Å². The number of benzene rings is 1. The molecule has 0 atom stereocenters. The number of ether oxygens (including phenoxy) is 1. The van der Waals surface area contributed by atoms with Crippen molar-refractivity contribution in [3.63, 3.8) is 0 Å². The number of hydrogen-bond acceptors (Lipinski definition) is 2. The van der Waals surface area contributed by atoms with Gasteiger partial charge in [-0.2, -0.15) is 0 Å². The minimum absolute atomic E-state index is 0.427. The van der Waals surface area contributed by atoms with Crippen LogP contribution in [0.4, 0.5) is 0 Å². The molecule has 0 aliphatic heterocycles. The highest BCUT2D eigenvalue weighted by atomic mass is 127. The molecule has 0 saturated heterocycles. The maximum atomic E-state index is 6.21. The molecule has 6 heteroatoms. The van der Waals surface area contributed by atoms with E-state index >= 15 is 0 Å². The predicted octanol–water partition coefficient (Wildman–Crippen LogP) is 5.54. The van der Waals surface area contributed by atoms with Crippen molar-refractivity contribution in [1.82, 2.24) is 4.98 Å². The first kappa shape index (κ1) is 15.4. The van der Waals surface area contributed by atoms with Gasteiger partial charge in [0.15, 0.2) is 5.75 Å². The molecule has 2 rings (SSSR count). The first-order chi connectivity index (χ1) is 9.13. The van der Waals surface area contributed by atoms with E-state index in [9.17, 15) is 0 Å². The maximum Gasteiger partial charge on any atom is 0.158 e. The summed E-state index contributed by atoms with van der Waals surface area (Å²) in [5.74, 6) is 1.38. The van der Waals surface area contributed by atoms with Crippen molar-refractivity contribution in [3.05, 3.63) is 31.9 Å². The van der Waals surface area contributed by atoms with Gasteiger partial charge in [0.05, 0.1) is 15.2 Å². The summed E-state index contributed by atoms with van der Waals surface area (Å²) in [6.45, 7) is 0.605. The molecule has 2 nitrogen and oxygen atoms in total. The molecular weight excluding hydrogens is 419 g/mol. The van der Waals surface area contributed by atoms with Gasteiger partial charge in [0, 0.05) is 11.3 Å². The second-order valence-electron chi connectivity index (χ2n) is 3.94. The van der Waals surface area contributed by atoms with Crippen LogP contribution in [0.15, 0.2) is 18.2 Å². The molecule has 1 heterocycles. The van der Waals surface area contributed by atoms with Crippen LogP contribution in [-0.4, -0.2) is 17.5 Å². The maximum absolute atomic E-state index is 6.21. The Morgan fingerprint density at radius 1 is 1.21 bits per heavy atom. The Kier molecular flexibility index (Phi) is 5.81. The summed E-state index contributed by atoms with van der Waals surface area (Å²) in [6.07, 6.45) is 1.84. The van der Waals surface area contributed by atoms with Gasteiger partial charge in [-0.3, -0.25) is 0 Å². The number of pyridine rings is 1. The van der Waals surface area contributed by atoms with E-state index in [1.165, 1.54) is 0 Å². The van der Waals surface area contributed by atoms with Crippen LogP contribution >= 0.6 is 57.4 Å². The average molecular weight is 431 g/mol. The lowest BCUT2D eigenvalue weighted by atomic mass is 10.2. The van der Waals surface area contributed by atoms with E-state index in [2.05, 4.69) is 27.6 Å². The van der Waals surface area contributed by atoms with E-state index in [1.54, 1.807) is 6.07 Å². The van der Waals surface area contributed by atoms with Crippen LogP contribution in [0.3, 0.4) is 0 Å². The smallest absolute Gasteiger partial charge is 0.158 e. The molecule has 0 bridgehead atoms. The molecule has 19 heavy (non-hydrogen) atoms. The Morgan fingerprint density at radius 3 is 2.74 bits per heavy atom. The van der Waals surface area contributed by atoms with Crippen molar-refractivity contribution in [2.24, 2.45) is 0 Å². The van der Waals surface area contributed by atoms with Crippen LogP contribution in [0.5, 0.6) is 5.75 Å². The van der Waals surface area contributed by atoms with Gasteiger partial charge in [-0.15, -0.1) is 11.6 Å². The third-order valence-corrected chi connectivity index (χ3v) is 4.17. The summed E-state index contributed by atoms with van der Waals surface area (Å²) in [5.41, 5.74) is 0.704. The Bertz CT molecular complexity index is 592. The standard InChI is InChI=1S/C13H11Cl3INO/c14-5-1-2-6-19-13-10(17)7-9(15)8-3-4-11(16)18-12(8)13/h3-4,7H,1-2,5-6H2. The molecule has 0 spiro atoms. The Labute approximate surface area is 140 Å². The summed E-state index contributed by atoms with van der Waals surface area (Å²) in [4.78, 5) is 4.32. The second-order valence-corrected chi connectivity index (χ2v) is 6.28. The number of hydrogen-bond donors (Lipinski definition) is 0. The third kappa shape index (κ3) is 3.78. The predicted molar refractivity (Wildman–Crippen MR) is 89.9 cm³/mol. The zero-order valence-electron chi connectivity index (χ0n) is 9.93. The Hall–Kier alpha value is 0.0300. The molecule has 2 aromatic rings. The average Bonchev–Trinajstić information content (AvgIpc) is 2.37. The van der Waals surface area contributed by atoms with Crippen molar-refractivity contribution in [2.75, 3.05) is 12.5 Å². The van der Waals surface area contributed by atoms with Gasteiger partial charge in [0.2, 0.25) is 0 Å². The van der Waals surface area contributed by atoms with Gasteiger partial charge in [-0.25, -0.2) is 4.98 Å². The lowest BCUT2D eigenvalue weighted by Crippen LogP contribution is -2.01. The molecule has 0 radical (unpaired) electrons. The van der Waals surface area contributed by atoms with Gasteiger partial charge < -0.3 is 4.74 Å². The Morgan fingerprint density at radius 2 is 2.00 bits per heavy atom. The fourth-order valence-corrected chi connectivity index (χ4v) is 3.18. The Balaban J connectivity index is 2.38. The molecule has 1 aromatic carbocycles. The molecule has 0 aliphatic carbocycles. The molecule has 0 unspecified atom stereocenters. The summed E-state index contributed by atoms with van der Waals surface area (Å²) in [7, 11) is 0. The fourth-order valence-electron chi connectivity index (χ4n) is 1.68. The number of alkyl halides is 1. The van der Waals surface area contributed by atoms with Crippen LogP contribution in [0.2, 0.25) is 10.2 Å². The summed E-state index contributed by atoms with van der Waals surface area (Å²) in [6, 6.07) is 5.45. The highest BCUT2D eigenvalue weighted by Crippen LogP contribution is 2.35.